The quantitative estimate of drug-likeness (QED) is 0.199. The summed E-state index contributed by atoms with van der Waals surface area (Å²) in [5, 5.41) is 2.65. The number of nitrogens with two attached hydrogens (primary N) is 1. The van der Waals surface area contributed by atoms with Gasteiger partial charge in [-0.05, 0) is 100 Å². The number of carbonyl (C=O) groups is 5. The highest BCUT2D eigenvalue weighted by Gasteiger charge is 2.39. The van der Waals surface area contributed by atoms with E-state index in [-0.39, 0.29) is 60.6 Å². The summed E-state index contributed by atoms with van der Waals surface area (Å²) in [6.07, 6.45) is -3.07. The average Bonchev–Trinajstić information content (AvgIpc) is 3.38. The molecule has 18 heteroatoms. The van der Waals surface area contributed by atoms with Gasteiger partial charge in [-0.1, -0.05) is 29.8 Å². The standard InChI is InChI=1S/C41H53ClF3N7O7/c1-48(2)21-22-58-38(55)37(54)50-16-9-28(10-17-50)27-7-14-49(15-8-27)36(53)34(25-26-23-31(41(43,44)45)35(46)32(42)24-26)59-40(57)51-18-12-30(13-19-51)52-20-11-29-5-3-4-6-33(29)47-39(52)56/h3-6,23-24,27-28,30,34H,7-22,25,46H2,1-2H3,(H,47,56)/t34-/m1/s1. The van der Waals surface area contributed by atoms with Gasteiger partial charge < -0.3 is 45.0 Å². The lowest BCUT2D eigenvalue weighted by Crippen LogP contribution is -2.52. The Hall–Kier alpha value is -4.77. The molecule has 4 aliphatic rings. The molecule has 3 saturated heterocycles. The van der Waals surface area contributed by atoms with E-state index in [0.717, 1.165) is 17.3 Å². The second kappa shape index (κ2) is 19.1. The van der Waals surface area contributed by atoms with Gasteiger partial charge in [0.05, 0.1) is 16.3 Å². The zero-order valence-corrected chi connectivity index (χ0v) is 34.2. The molecule has 0 aliphatic carbocycles. The molecule has 2 aromatic rings. The van der Waals surface area contributed by atoms with Gasteiger partial charge in [0.25, 0.3) is 5.91 Å². The highest BCUT2D eigenvalue weighted by Crippen LogP contribution is 2.39. The summed E-state index contributed by atoms with van der Waals surface area (Å²) in [5.74, 6) is -1.51. The molecule has 1 atom stereocenters. The Labute approximate surface area is 347 Å². The number of halogens is 4. The third-order valence-corrected chi connectivity index (χ3v) is 12.3. The molecule has 5 amide bonds. The third kappa shape index (κ3) is 10.9. The highest BCUT2D eigenvalue weighted by atomic mass is 35.5. The number of benzene rings is 2. The van der Waals surface area contributed by atoms with Crippen LogP contribution in [-0.2, 0) is 42.9 Å². The molecule has 3 N–H and O–H groups in total. The van der Waals surface area contributed by atoms with Gasteiger partial charge in [0.15, 0.2) is 6.10 Å². The van der Waals surface area contributed by atoms with Crippen molar-refractivity contribution >= 4 is 52.9 Å². The largest absolute Gasteiger partial charge is 0.457 e. The van der Waals surface area contributed by atoms with Crippen molar-refractivity contribution in [1.82, 2.24) is 24.5 Å². The van der Waals surface area contributed by atoms with Crippen LogP contribution in [0.2, 0.25) is 5.02 Å². The Morgan fingerprint density at radius 2 is 1.51 bits per heavy atom. The Morgan fingerprint density at radius 1 is 0.898 bits per heavy atom. The maximum absolute atomic E-state index is 14.2. The van der Waals surface area contributed by atoms with Gasteiger partial charge in [0, 0.05) is 70.5 Å². The number of nitrogens with zero attached hydrogens (tertiary/aromatic N) is 5. The second-order valence-electron chi connectivity index (χ2n) is 16.1. The van der Waals surface area contributed by atoms with E-state index in [1.165, 1.54) is 15.9 Å². The number of hydrogen-bond acceptors (Lipinski definition) is 9. The highest BCUT2D eigenvalue weighted by molar-refractivity contribution is 6.33. The van der Waals surface area contributed by atoms with Crippen LogP contribution in [0.3, 0.4) is 0 Å². The smallest absolute Gasteiger partial charge is 0.418 e. The minimum Gasteiger partial charge on any atom is -0.457 e. The summed E-state index contributed by atoms with van der Waals surface area (Å²) in [7, 11) is 3.68. The number of alkyl halides is 3. The van der Waals surface area contributed by atoms with Crippen molar-refractivity contribution in [3.05, 3.63) is 58.1 Å². The molecular formula is C41H53ClF3N7O7. The summed E-state index contributed by atoms with van der Waals surface area (Å²) in [6, 6.07) is 9.38. The van der Waals surface area contributed by atoms with Crippen molar-refractivity contribution in [2.45, 2.75) is 69.7 Å². The normalized spacial score (nSPS) is 19.2. The summed E-state index contributed by atoms with van der Waals surface area (Å²) < 4.78 is 52.7. The van der Waals surface area contributed by atoms with Crippen LogP contribution in [-0.4, -0.2) is 140 Å². The number of fused-ring (bicyclic) bond motifs is 1. The van der Waals surface area contributed by atoms with Crippen LogP contribution in [0.4, 0.5) is 34.1 Å². The molecule has 322 valence electrons. The molecule has 59 heavy (non-hydrogen) atoms. The van der Waals surface area contributed by atoms with Crippen molar-refractivity contribution < 1.29 is 46.6 Å². The fourth-order valence-electron chi connectivity index (χ4n) is 8.59. The van der Waals surface area contributed by atoms with Gasteiger partial charge in [-0.2, -0.15) is 13.2 Å². The lowest BCUT2D eigenvalue weighted by atomic mass is 9.78. The number of urea groups is 1. The molecule has 2 aromatic carbocycles. The van der Waals surface area contributed by atoms with Gasteiger partial charge in [-0.25, -0.2) is 14.4 Å². The van der Waals surface area contributed by atoms with E-state index in [2.05, 4.69) is 5.32 Å². The van der Waals surface area contributed by atoms with E-state index < -0.39 is 47.4 Å². The maximum Gasteiger partial charge on any atom is 0.418 e. The molecular weight excluding hydrogens is 795 g/mol. The van der Waals surface area contributed by atoms with Gasteiger partial charge in [-0.15, -0.1) is 0 Å². The van der Waals surface area contributed by atoms with Crippen molar-refractivity contribution in [2.75, 3.05) is 84.1 Å². The van der Waals surface area contributed by atoms with Crippen molar-refractivity contribution in [1.29, 1.82) is 0 Å². The SMILES string of the molecule is CN(C)CCOC(=O)C(=O)N1CCC(C2CCN(C(=O)[C@@H](Cc3cc(Cl)c(N)c(C(F)(F)F)c3)OC(=O)N3CCC(N4CCc5ccccc5NC4=O)CC3)CC2)CC1. The fourth-order valence-corrected chi connectivity index (χ4v) is 8.84. The number of nitrogen functional groups attached to an aromatic ring is 1. The Kier molecular flexibility index (Phi) is 14.2. The first-order chi connectivity index (χ1) is 28.1. The molecule has 0 bridgehead atoms. The minimum absolute atomic E-state index is 0.0346. The van der Waals surface area contributed by atoms with E-state index in [9.17, 15) is 37.1 Å². The first kappa shape index (κ1) is 43.8. The number of carbonyl (C=O) groups excluding carboxylic acids is 5. The van der Waals surface area contributed by atoms with Crippen LogP contribution in [0.15, 0.2) is 36.4 Å². The van der Waals surface area contributed by atoms with Crippen LogP contribution in [0.1, 0.15) is 55.2 Å². The number of hydrogen-bond donors (Lipinski definition) is 2. The van der Waals surface area contributed by atoms with Crippen molar-refractivity contribution in [3.63, 3.8) is 0 Å². The van der Waals surface area contributed by atoms with E-state index >= 15 is 0 Å². The second-order valence-corrected chi connectivity index (χ2v) is 16.5. The molecule has 4 aliphatic heterocycles. The summed E-state index contributed by atoms with van der Waals surface area (Å²) in [5.41, 5.74) is 5.75. The number of esters is 1. The number of anilines is 2. The van der Waals surface area contributed by atoms with E-state index in [1.54, 1.807) is 9.80 Å². The van der Waals surface area contributed by atoms with Gasteiger partial charge in [-0.3, -0.25) is 9.59 Å². The number of nitrogens with one attached hydrogen (secondary N) is 1. The zero-order chi connectivity index (χ0) is 42.4. The lowest BCUT2D eigenvalue weighted by Gasteiger charge is -2.41. The van der Waals surface area contributed by atoms with Crippen LogP contribution >= 0.6 is 11.6 Å². The predicted octanol–water partition coefficient (Wildman–Crippen LogP) is 5.13. The number of amides is 5. The van der Waals surface area contributed by atoms with E-state index in [1.807, 2.05) is 43.3 Å². The fraction of sp³-hybridized carbons (Fsp3) is 0.585. The molecule has 14 nitrogen and oxygen atoms in total. The van der Waals surface area contributed by atoms with Gasteiger partial charge >= 0.3 is 30.2 Å². The molecule has 0 radical (unpaired) electrons. The van der Waals surface area contributed by atoms with E-state index in [0.29, 0.717) is 84.2 Å². The monoisotopic (exact) mass is 847 g/mol. The molecule has 4 heterocycles. The molecule has 0 saturated carbocycles. The molecule has 3 fully saturated rings. The number of ether oxygens (including phenoxy) is 2. The first-order valence-electron chi connectivity index (χ1n) is 20.2. The molecule has 0 spiro atoms. The first-order valence-corrected chi connectivity index (χ1v) is 20.6. The molecule has 6 rings (SSSR count). The van der Waals surface area contributed by atoms with Crippen LogP contribution in [0.5, 0.6) is 0 Å². The summed E-state index contributed by atoms with van der Waals surface area (Å²) >= 11 is 6.14. The van der Waals surface area contributed by atoms with Crippen LogP contribution in [0, 0.1) is 11.8 Å². The van der Waals surface area contributed by atoms with E-state index in [4.69, 9.17) is 26.8 Å². The Balaban J connectivity index is 1.06. The average molecular weight is 848 g/mol. The zero-order valence-electron chi connectivity index (χ0n) is 33.5. The van der Waals surface area contributed by atoms with Crippen LogP contribution in [0.25, 0.3) is 0 Å². The maximum atomic E-state index is 14.2. The minimum atomic E-state index is -4.81. The number of piperidine rings is 3. The van der Waals surface area contributed by atoms with Gasteiger partial charge in [0.2, 0.25) is 0 Å². The number of rotatable bonds is 9. The molecule has 0 aromatic heterocycles. The number of likely N-dealkylation sites (tertiary alicyclic amines) is 3. The lowest BCUT2D eigenvalue weighted by molar-refractivity contribution is -0.161. The van der Waals surface area contributed by atoms with Crippen molar-refractivity contribution in [3.8, 4) is 0 Å². The third-order valence-electron chi connectivity index (χ3n) is 12.0. The van der Waals surface area contributed by atoms with Crippen LogP contribution < -0.4 is 11.1 Å². The molecule has 0 unspecified atom stereocenters. The number of para-hydroxylation sites is 1. The summed E-state index contributed by atoms with van der Waals surface area (Å²) in [4.78, 5) is 74.1. The predicted molar refractivity (Wildman–Crippen MR) is 213 cm³/mol. The van der Waals surface area contributed by atoms with Crippen molar-refractivity contribution in [2.24, 2.45) is 11.8 Å². The Bertz CT molecular complexity index is 1860. The summed E-state index contributed by atoms with van der Waals surface area (Å²) in [6.45, 7) is 3.19. The number of likely N-dealkylation sites (N-methyl/N-ethyl adjacent to an activating group) is 1. The topological polar surface area (TPSA) is 158 Å². The van der Waals surface area contributed by atoms with Gasteiger partial charge in [0.1, 0.15) is 6.61 Å². The Morgan fingerprint density at radius 3 is 2.14 bits per heavy atom.